The molecule has 9 nitrogen and oxygen atoms in total. The fourth-order valence-corrected chi connectivity index (χ4v) is 7.52. The number of carbonyl (C=O) groups excluding carboxylic acids is 3. The van der Waals surface area contributed by atoms with E-state index in [0.29, 0.717) is 17.7 Å². The number of amides is 2. The zero-order chi connectivity index (χ0) is 36.6. The van der Waals surface area contributed by atoms with Gasteiger partial charge in [0.1, 0.15) is 11.6 Å². The Morgan fingerprint density at radius 1 is 0.827 bits per heavy atom. The molecule has 5 atom stereocenters. The van der Waals surface area contributed by atoms with Crippen LogP contribution in [0.15, 0.2) is 97.1 Å². The van der Waals surface area contributed by atoms with Gasteiger partial charge in [-0.15, -0.1) is 0 Å². The molecule has 3 heterocycles. The summed E-state index contributed by atoms with van der Waals surface area (Å²) in [6, 6.07) is 30.4. The fourth-order valence-electron chi connectivity index (χ4n) is 7.52. The molecule has 270 valence electrons. The second-order valence-electron chi connectivity index (χ2n) is 15.1. The van der Waals surface area contributed by atoms with Gasteiger partial charge < -0.3 is 19.3 Å². The molecule has 7 rings (SSSR count). The topological polar surface area (TPSA) is 106 Å². The number of carbonyl (C=O) groups is 3. The zero-order valence-electron chi connectivity index (χ0n) is 30.2. The maximum absolute atomic E-state index is 13.2. The molecule has 0 radical (unpaired) electrons. The Balaban J connectivity index is 1.14. The Morgan fingerprint density at radius 2 is 1.50 bits per heavy atom. The van der Waals surface area contributed by atoms with Crippen LogP contribution in [-0.4, -0.2) is 63.5 Å². The van der Waals surface area contributed by atoms with Crippen LogP contribution in [0.4, 0.5) is 0 Å². The highest BCUT2D eigenvalue weighted by atomic mass is 16.7. The predicted molar refractivity (Wildman–Crippen MR) is 196 cm³/mol. The van der Waals surface area contributed by atoms with Crippen molar-refractivity contribution in [2.24, 2.45) is 5.92 Å². The highest BCUT2D eigenvalue weighted by Gasteiger charge is 2.42. The Kier molecular flexibility index (Phi) is 10.1. The summed E-state index contributed by atoms with van der Waals surface area (Å²) in [5, 5.41) is 9.66. The molecule has 1 N–H and O–H groups in total. The summed E-state index contributed by atoms with van der Waals surface area (Å²) in [5.41, 5.74) is 5.69. The summed E-state index contributed by atoms with van der Waals surface area (Å²) in [4.78, 5) is 42.8. The number of nitrogens with zero attached hydrogens (tertiary/aromatic N) is 2. The van der Waals surface area contributed by atoms with Crippen molar-refractivity contribution in [2.45, 2.75) is 83.8 Å². The third-order valence-electron chi connectivity index (χ3n) is 10.2. The van der Waals surface area contributed by atoms with Crippen molar-refractivity contribution in [3.63, 3.8) is 0 Å². The molecule has 2 saturated heterocycles. The molecule has 4 aromatic carbocycles. The average molecular weight is 703 g/mol. The van der Waals surface area contributed by atoms with Gasteiger partial charge in [-0.05, 0) is 92.2 Å². The van der Waals surface area contributed by atoms with E-state index in [1.807, 2.05) is 87.5 Å². The Labute approximate surface area is 305 Å². The van der Waals surface area contributed by atoms with Gasteiger partial charge in [-0.3, -0.25) is 24.2 Å². The third kappa shape index (κ3) is 7.45. The van der Waals surface area contributed by atoms with Gasteiger partial charge in [-0.2, -0.15) is 0 Å². The maximum atomic E-state index is 13.2. The summed E-state index contributed by atoms with van der Waals surface area (Å²) in [6.45, 7) is 9.27. The first-order valence-electron chi connectivity index (χ1n) is 18.1. The summed E-state index contributed by atoms with van der Waals surface area (Å²) < 4.78 is 19.3. The van der Waals surface area contributed by atoms with Crippen LogP contribution in [0, 0.1) is 5.92 Å². The number of benzene rings is 4. The van der Waals surface area contributed by atoms with Crippen LogP contribution >= 0.6 is 0 Å². The molecule has 0 bridgehead atoms. The van der Waals surface area contributed by atoms with Gasteiger partial charge in [0.05, 0.1) is 36.5 Å². The largest absolute Gasteiger partial charge is 0.459 e. The van der Waals surface area contributed by atoms with E-state index in [9.17, 15) is 19.5 Å². The maximum Gasteiger partial charge on any atom is 0.323 e. The van der Waals surface area contributed by atoms with Crippen LogP contribution in [0.2, 0.25) is 0 Å². The number of imide groups is 1. The number of aliphatic hydroxyl groups excluding tert-OH is 1. The van der Waals surface area contributed by atoms with Gasteiger partial charge in [0, 0.05) is 18.0 Å². The quantitative estimate of drug-likeness (QED) is 0.144. The number of ether oxygens (including phenoxy) is 3. The Hall–Kier alpha value is -4.67. The zero-order valence-corrected chi connectivity index (χ0v) is 30.2. The van der Waals surface area contributed by atoms with E-state index in [4.69, 9.17) is 14.2 Å². The van der Waals surface area contributed by atoms with Crippen molar-refractivity contribution in [2.75, 3.05) is 13.1 Å². The standard InChI is InChI=1S/C43H46N2O7/c1-27-37(25-44-21-9-16-36(44)41(49)52-43(2,3)4)50-42(51-38(27)30-19-17-28(26-46)18-20-30)33-13-8-12-32(23-33)31-11-7-10-29(22-31)24-45-39(47)34-14-5-6-15-35(34)40(45)48/h5-8,10-15,17-20,22-23,27,36-38,42,46H,9,16,21,24-26H2,1-4H3/t27-,36+,37+,38+,42+/m1/s1. The van der Waals surface area contributed by atoms with Crippen LogP contribution in [0.25, 0.3) is 11.1 Å². The van der Waals surface area contributed by atoms with Crippen LogP contribution in [-0.2, 0) is 32.2 Å². The van der Waals surface area contributed by atoms with Gasteiger partial charge >= 0.3 is 5.97 Å². The monoisotopic (exact) mass is 702 g/mol. The second-order valence-corrected chi connectivity index (χ2v) is 15.1. The van der Waals surface area contributed by atoms with Crippen molar-refractivity contribution in [3.05, 3.63) is 130 Å². The molecular weight excluding hydrogens is 656 g/mol. The Morgan fingerprint density at radius 3 is 2.17 bits per heavy atom. The molecule has 9 heteroatoms. The van der Waals surface area contributed by atoms with E-state index < -0.39 is 11.9 Å². The molecule has 0 spiro atoms. The lowest BCUT2D eigenvalue weighted by Crippen LogP contribution is -2.48. The lowest BCUT2D eigenvalue weighted by molar-refractivity contribution is -0.276. The molecule has 0 aromatic heterocycles. The molecule has 3 aliphatic heterocycles. The average Bonchev–Trinajstić information content (AvgIpc) is 3.70. The summed E-state index contributed by atoms with van der Waals surface area (Å²) in [5.74, 6) is -0.806. The van der Waals surface area contributed by atoms with Crippen LogP contribution in [0.3, 0.4) is 0 Å². The summed E-state index contributed by atoms with van der Waals surface area (Å²) >= 11 is 0. The van der Waals surface area contributed by atoms with Crippen LogP contribution in [0.1, 0.15) is 95.9 Å². The van der Waals surface area contributed by atoms with Crippen molar-refractivity contribution < 1.29 is 33.7 Å². The third-order valence-corrected chi connectivity index (χ3v) is 10.2. The lowest BCUT2D eigenvalue weighted by Gasteiger charge is -2.43. The van der Waals surface area contributed by atoms with E-state index in [0.717, 1.165) is 52.8 Å². The molecule has 2 fully saturated rings. The minimum atomic E-state index is -0.687. The number of hydrogen-bond acceptors (Lipinski definition) is 8. The van der Waals surface area contributed by atoms with Gasteiger partial charge in [0.25, 0.3) is 11.8 Å². The molecule has 2 amide bonds. The SMILES string of the molecule is C[C@@H]1[C@H](CN2CCC[C@H]2C(=O)OC(C)(C)C)O[C@H](c2cccc(-c3cccc(CN4C(=O)c5ccccc5C4=O)c3)c2)O[C@@H]1c1ccc(CO)cc1. The number of fused-ring (bicyclic) bond motifs is 1. The Bertz CT molecular complexity index is 1920. The van der Waals surface area contributed by atoms with Gasteiger partial charge in [0.15, 0.2) is 6.29 Å². The van der Waals surface area contributed by atoms with E-state index in [-0.39, 0.29) is 55.1 Å². The van der Waals surface area contributed by atoms with Crippen molar-refractivity contribution in [3.8, 4) is 11.1 Å². The number of rotatable bonds is 9. The molecule has 3 aliphatic rings. The van der Waals surface area contributed by atoms with E-state index >= 15 is 0 Å². The molecule has 52 heavy (non-hydrogen) atoms. The molecule has 0 aliphatic carbocycles. The molecule has 0 saturated carbocycles. The van der Waals surface area contributed by atoms with Crippen LogP contribution in [0.5, 0.6) is 0 Å². The number of aliphatic hydroxyl groups is 1. The number of hydrogen-bond donors (Lipinski definition) is 1. The van der Waals surface area contributed by atoms with Crippen molar-refractivity contribution >= 4 is 17.8 Å². The first kappa shape index (κ1) is 35.7. The van der Waals surface area contributed by atoms with E-state index in [1.54, 1.807) is 24.3 Å². The second kappa shape index (κ2) is 14.8. The first-order valence-corrected chi connectivity index (χ1v) is 18.1. The molecule has 0 unspecified atom stereocenters. The van der Waals surface area contributed by atoms with Gasteiger partial charge in [-0.1, -0.05) is 79.7 Å². The minimum absolute atomic E-state index is 0.0387. The van der Waals surface area contributed by atoms with E-state index in [1.165, 1.54) is 4.90 Å². The van der Waals surface area contributed by atoms with Crippen molar-refractivity contribution in [1.29, 1.82) is 0 Å². The van der Waals surface area contributed by atoms with Crippen LogP contribution < -0.4 is 0 Å². The highest BCUT2D eigenvalue weighted by Crippen LogP contribution is 2.43. The lowest BCUT2D eigenvalue weighted by atomic mass is 9.89. The minimum Gasteiger partial charge on any atom is -0.459 e. The van der Waals surface area contributed by atoms with Crippen molar-refractivity contribution in [1.82, 2.24) is 9.80 Å². The number of likely N-dealkylation sites (tertiary alicyclic amines) is 1. The van der Waals surface area contributed by atoms with Gasteiger partial charge in [-0.25, -0.2) is 0 Å². The smallest absolute Gasteiger partial charge is 0.323 e. The van der Waals surface area contributed by atoms with Gasteiger partial charge in [0.2, 0.25) is 0 Å². The predicted octanol–water partition coefficient (Wildman–Crippen LogP) is 7.24. The summed E-state index contributed by atoms with van der Waals surface area (Å²) in [7, 11) is 0. The summed E-state index contributed by atoms with van der Waals surface area (Å²) in [6.07, 6.45) is 0.413. The molecule has 4 aromatic rings. The molecular formula is C43H46N2O7. The number of esters is 1. The fraction of sp³-hybridized carbons (Fsp3) is 0.372. The highest BCUT2D eigenvalue weighted by molar-refractivity contribution is 6.21. The normalized spacial score (nSPS) is 23.6. The van der Waals surface area contributed by atoms with E-state index in [2.05, 4.69) is 17.9 Å². The first-order chi connectivity index (χ1) is 25.0.